The smallest absolute Gasteiger partial charge is 0.237 e. The molecule has 4 heteroatoms. The molecule has 0 saturated carbocycles. The standard InChI is InChI=1S/C16H33N3O/c1-12(2)18-15(20)13(3)19-9-7-8-14(11-19)10-17-16(4,5)6/h12-14,17H,7-11H2,1-6H3,(H,18,20). The molecule has 0 spiro atoms. The Morgan fingerprint density at radius 2 is 1.95 bits per heavy atom. The van der Waals surface area contributed by atoms with E-state index in [1.54, 1.807) is 0 Å². The summed E-state index contributed by atoms with van der Waals surface area (Å²) in [4.78, 5) is 14.4. The number of hydrogen-bond donors (Lipinski definition) is 2. The summed E-state index contributed by atoms with van der Waals surface area (Å²) in [5.74, 6) is 0.807. The predicted molar refractivity (Wildman–Crippen MR) is 84.8 cm³/mol. The number of piperidine rings is 1. The van der Waals surface area contributed by atoms with Gasteiger partial charge in [-0.1, -0.05) is 0 Å². The van der Waals surface area contributed by atoms with Gasteiger partial charge >= 0.3 is 0 Å². The Bertz CT molecular complexity index is 309. The van der Waals surface area contributed by atoms with Gasteiger partial charge in [0.15, 0.2) is 0 Å². The fraction of sp³-hybridized carbons (Fsp3) is 0.938. The van der Waals surface area contributed by atoms with E-state index >= 15 is 0 Å². The van der Waals surface area contributed by atoms with Crippen molar-refractivity contribution >= 4 is 5.91 Å². The highest BCUT2D eigenvalue weighted by atomic mass is 16.2. The molecule has 1 heterocycles. The van der Waals surface area contributed by atoms with Crippen LogP contribution in [0.25, 0.3) is 0 Å². The summed E-state index contributed by atoms with van der Waals surface area (Å²) in [6.45, 7) is 15.8. The zero-order chi connectivity index (χ0) is 15.3. The molecular weight excluding hydrogens is 250 g/mol. The lowest BCUT2D eigenvalue weighted by Gasteiger charge is -2.37. The van der Waals surface area contributed by atoms with Gasteiger partial charge in [0, 0.05) is 18.1 Å². The van der Waals surface area contributed by atoms with Crippen molar-refractivity contribution in [2.24, 2.45) is 5.92 Å². The molecule has 1 aliphatic rings. The number of carbonyl (C=O) groups excluding carboxylic acids is 1. The Balaban J connectivity index is 2.45. The van der Waals surface area contributed by atoms with Gasteiger partial charge in [0.05, 0.1) is 6.04 Å². The number of likely N-dealkylation sites (tertiary alicyclic amines) is 1. The van der Waals surface area contributed by atoms with Gasteiger partial charge in [-0.25, -0.2) is 0 Å². The van der Waals surface area contributed by atoms with E-state index in [2.05, 4.69) is 36.3 Å². The summed E-state index contributed by atoms with van der Waals surface area (Å²) in [5, 5.41) is 6.60. The molecule has 20 heavy (non-hydrogen) atoms. The van der Waals surface area contributed by atoms with Gasteiger partial charge < -0.3 is 10.6 Å². The first-order valence-electron chi connectivity index (χ1n) is 7.98. The molecule has 118 valence electrons. The van der Waals surface area contributed by atoms with Crippen LogP contribution < -0.4 is 10.6 Å². The van der Waals surface area contributed by atoms with Crippen LogP contribution >= 0.6 is 0 Å². The van der Waals surface area contributed by atoms with Gasteiger partial charge in [-0.2, -0.15) is 0 Å². The van der Waals surface area contributed by atoms with E-state index in [9.17, 15) is 4.79 Å². The van der Waals surface area contributed by atoms with Crippen LogP contribution in [-0.4, -0.2) is 48.1 Å². The Hall–Kier alpha value is -0.610. The third-order valence-electron chi connectivity index (χ3n) is 3.83. The molecule has 1 amide bonds. The van der Waals surface area contributed by atoms with Crippen molar-refractivity contribution in [3.8, 4) is 0 Å². The quantitative estimate of drug-likeness (QED) is 0.811. The van der Waals surface area contributed by atoms with Crippen molar-refractivity contribution < 1.29 is 4.79 Å². The van der Waals surface area contributed by atoms with Gasteiger partial charge in [-0.3, -0.25) is 9.69 Å². The summed E-state index contributed by atoms with van der Waals surface area (Å²) >= 11 is 0. The van der Waals surface area contributed by atoms with Crippen LogP contribution in [0.2, 0.25) is 0 Å². The minimum atomic E-state index is -0.0187. The first kappa shape index (κ1) is 17.4. The van der Waals surface area contributed by atoms with Crippen molar-refractivity contribution in [1.29, 1.82) is 0 Å². The maximum absolute atomic E-state index is 12.1. The SMILES string of the molecule is CC(C)NC(=O)C(C)N1CCCC(CNC(C)(C)C)C1. The molecule has 0 aromatic heterocycles. The Morgan fingerprint density at radius 3 is 2.50 bits per heavy atom. The number of nitrogens with one attached hydrogen (secondary N) is 2. The fourth-order valence-electron chi connectivity index (χ4n) is 2.64. The minimum absolute atomic E-state index is 0.0187. The lowest BCUT2D eigenvalue weighted by molar-refractivity contribution is -0.127. The second-order valence-corrected chi connectivity index (χ2v) is 7.47. The lowest BCUT2D eigenvalue weighted by Crippen LogP contribution is -2.52. The molecule has 2 unspecified atom stereocenters. The summed E-state index contributed by atoms with van der Waals surface area (Å²) in [5.41, 5.74) is 0.170. The van der Waals surface area contributed by atoms with E-state index in [0.29, 0.717) is 5.92 Å². The largest absolute Gasteiger partial charge is 0.353 e. The average molecular weight is 283 g/mol. The summed E-state index contributed by atoms with van der Waals surface area (Å²) in [7, 11) is 0. The first-order chi connectivity index (χ1) is 9.19. The second-order valence-electron chi connectivity index (χ2n) is 7.47. The number of amides is 1. The molecule has 0 radical (unpaired) electrons. The maximum atomic E-state index is 12.1. The minimum Gasteiger partial charge on any atom is -0.353 e. The van der Waals surface area contributed by atoms with Crippen molar-refractivity contribution in [2.75, 3.05) is 19.6 Å². The van der Waals surface area contributed by atoms with E-state index in [1.165, 1.54) is 12.8 Å². The molecular formula is C16H33N3O. The highest BCUT2D eigenvalue weighted by Crippen LogP contribution is 2.19. The third-order valence-corrected chi connectivity index (χ3v) is 3.83. The van der Waals surface area contributed by atoms with Crippen molar-refractivity contribution in [1.82, 2.24) is 15.5 Å². The highest BCUT2D eigenvalue weighted by molar-refractivity contribution is 5.81. The van der Waals surface area contributed by atoms with Crippen LogP contribution in [0.4, 0.5) is 0 Å². The molecule has 0 aliphatic carbocycles. The van der Waals surface area contributed by atoms with E-state index in [0.717, 1.165) is 19.6 Å². The number of hydrogen-bond acceptors (Lipinski definition) is 3. The van der Waals surface area contributed by atoms with Crippen molar-refractivity contribution in [2.45, 2.75) is 72.0 Å². The van der Waals surface area contributed by atoms with E-state index in [-0.39, 0.29) is 23.5 Å². The molecule has 0 aromatic carbocycles. The van der Waals surface area contributed by atoms with E-state index in [1.807, 2.05) is 20.8 Å². The normalized spacial score (nSPS) is 22.9. The molecule has 1 fully saturated rings. The Morgan fingerprint density at radius 1 is 1.30 bits per heavy atom. The van der Waals surface area contributed by atoms with Crippen LogP contribution in [0.1, 0.15) is 54.4 Å². The molecule has 1 aliphatic heterocycles. The van der Waals surface area contributed by atoms with Gasteiger partial charge in [0.1, 0.15) is 0 Å². The van der Waals surface area contributed by atoms with Gasteiger partial charge in [-0.15, -0.1) is 0 Å². The predicted octanol–water partition coefficient (Wildman–Crippen LogP) is 2.00. The van der Waals surface area contributed by atoms with Crippen LogP contribution in [-0.2, 0) is 4.79 Å². The Labute approximate surface area is 124 Å². The zero-order valence-corrected chi connectivity index (χ0v) is 14.1. The van der Waals surface area contributed by atoms with E-state index in [4.69, 9.17) is 0 Å². The molecule has 0 aromatic rings. The molecule has 2 atom stereocenters. The van der Waals surface area contributed by atoms with E-state index < -0.39 is 0 Å². The molecule has 1 saturated heterocycles. The topological polar surface area (TPSA) is 44.4 Å². The second kappa shape index (κ2) is 7.41. The zero-order valence-electron chi connectivity index (χ0n) is 14.1. The van der Waals surface area contributed by atoms with Gasteiger partial charge in [-0.05, 0) is 73.4 Å². The summed E-state index contributed by atoms with van der Waals surface area (Å²) in [6, 6.07) is 0.197. The monoisotopic (exact) mass is 283 g/mol. The third kappa shape index (κ3) is 6.23. The lowest BCUT2D eigenvalue weighted by atomic mass is 9.95. The summed E-state index contributed by atoms with van der Waals surface area (Å²) < 4.78 is 0. The average Bonchev–Trinajstić information content (AvgIpc) is 2.34. The number of rotatable bonds is 5. The van der Waals surface area contributed by atoms with Crippen LogP contribution in [0.5, 0.6) is 0 Å². The van der Waals surface area contributed by atoms with Gasteiger partial charge in [0.25, 0.3) is 0 Å². The van der Waals surface area contributed by atoms with Crippen LogP contribution in [0.15, 0.2) is 0 Å². The maximum Gasteiger partial charge on any atom is 0.237 e. The fourth-order valence-corrected chi connectivity index (χ4v) is 2.64. The van der Waals surface area contributed by atoms with Gasteiger partial charge in [0.2, 0.25) is 5.91 Å². The number of nitrogens with zero attached hydrogens (tertiary/aromatic N) is 1. The first-order valence-corrected chi connectivity index (χ1v) is 7.98. The Kier molecular flexibility index (Phi) is 6.46. The molecule has 1 rings (SSSR count). The van der Waals surface area contributed by atoms with Crippen LogP contribution in [0, 0.1) is 5.92 Å². The summed E-state index contributed by atoms with van der Waals surface area (Å²) in [6.07, 6.45) is 2.45. The van der Waals surface area contributed by atoms with Crippen molar-refractivity contribution in [3.63, 3.8) is 0 Å². The highest BCUT2D eigenvalue weighted by Gasteiger charge is 2.28. The molecule has 0 bridgehead atoms. The number of carbonyl (C=O) groups is 1. The molecule has 4 nitrogen and oxygen atoms in total. The van der Waals surface area contributed by atoms with Crippen molar-refractivity contribution in [3.05, 3.63) is 0 Å². The molecule has 2 N–H and O–H groups in total. The van der Waals surface area contributed by atoms with Crippen LogP contribution in [0.3, 0.4) is 0 Å².